The predicted molar refractivity (Wildman–Crippen MR) is 114 cm³/mol. The third-order valence-corrected chi connectivity index (χ3v) is 5.53. The summed E-state index contributed by atoms with van der Waals surface area (Å²) in [5.41, 5.74) is 2.13. The summed E-state index contributed by atoms with van der Waals surface area (Å²) in [5, 5.41) is 4.14. The van der Waals surface area contributed by atoms with E-state index in [9.17, 15) is 4.79 Å². The summed E-state index contributed by atoms with van der Waals surface area (Å²) in [6.07, 6.45) is 6.81. The first-order valence-corrected chi connectivity index (χ1v) is 10.1. The second kappa shape index (κ2) is 8.76. The van der Waals surface area contributed by atoms with Gasteiger partial charge in [0.15, 0.2) is 0 Å². The predicted octanol–water partition coefficient (Wildman–Crippen LogP) is 4.56. The van der Waals surface area contributed by atoms with Gasteiger partial charge < -0.3 is 10.2 Å². The summed E-state index contributed by atoms with van der Waals surface area (Å²) in [7, 11) is 0. The van der Waals surface area contributed by atoms with Gasteiger partial charge in [0.25, 0.3) is 5.91 Å². The molecule has 0 aliphatic carbocycles. The third kappa shape index (κ3) is 4.49. The van der Waals surface area contributed by atoms with Crippen LogP contribution in [-0.4, -0.2) is 44.9 Å². The number of nitrogens with zero attached hydrogens (tertiary/aromatic N) is 4. The van der Waals surface area contributed by atoms with E-state index in [1.165, 1.54) is 0 Å². The van der Waals surface area contributed by atoms with Gasteiger partial charge in [0.2, 0.25) is 5.95 Å². The number of piperidine rings is 1. The van der Waals surface area contributed by atoms with Gasteiger partial charge in [0, 0.05) is 43.3 Å². The van der Waals surface area contributed by atoms with Crippen LogP contribution in [0.2, 0.25) is 10.0 Å². The SMILES string of the molecule is O=C(c1c(Cl)cccc1Cl)N1CCC(Nc2nccc(-c3cccnc3)n2)CC1. The van der Waals surface area contributed by atoms with E-state index in [2.05, 4.69) is 20.3 Å². The van der Waals surface area contributed by atoms with E-state index in [-0.39, 0.29) is 11.9 Å². The minimum absolute atomic E-state index is 0.131. The molecule has 8 heteroatoms. The number of benzene rings is 1. The molecule has 1 fully saturated rings. The molecule has 4 rings (SSSR count). The highest BCUT2D eigenvalue weighted by molar-refractivity contribution is 6.39. The molecule has 0 atom stereocenters. The molecule has 0 saturated carbocycles. The van der Waals surface area contributed by atoms with Crippen LogP contribution in [-0.2, 0) is 0 Å². The lowest BCUT2D eigenvalue weighted by atomic mass is 10.0. The summed E-state index contributed by atoms with van der Waals surface area (Å²) in [5.74, 6) is 0.444. The summed E-state index contributed by atoms with van der Waals surface area (Å²) in [4.78, 5) is 27.6. The zero-order valence-corrected chi connectivity index (χ0v) is 17.1. The fourth-order valence-electron chi connectivity index (χ4n) is 3.37. The van der Waals surface area contributed by atoms with E-state index < -0.39 is 0 Å². The zero-order valence-electron chi connectivity index (χ0n) is 15.6. The molecule has 0 spiro atoms. The van der Waals surface area contributed by atoms with Crippen LogP contribution in [0.15, 0.2) is 55.0 Å². The first-order chi connectivity index (χ1) is 14.1. The first kappa shape index (κ1) is 19.6. The number of nitrogens with one attached hydrogen (secondary N) is 1. The Morgan fingerprint density at radius 2 is 1.79 bits per heavy atom. The lowest BCUT2D eigenvalue weighted by Crippen LogP contribution is -2.42. The number of anilines is 1. The van der Waals surface area contributed by atoms with Gasteiger partial charge in [-0.3, -0.25) is 9.78 Å². The van der Waals surface area contributed by atoms with E-state index >= 15 is 0 Å². The molecule has 6 nitrogen and oxygen atoms in total. The number of carbonyl (C=O) groups is 1. The van der Waals surface area contributed by atoms with E-state index in [0.29, 0.717) is 34.6 Å². The molecule has 3 heterocycles. The third-order valence-electron chi connectivity index (χ3n) is 4.90. The van der Waals surface area contributed by atoms with Crippen molar-refractivity contribution < 1.29 is 4.79 Å². The van der Waals surface area contributed by atoms with Gasteiger partial charge >= 0.3 is 0 Å². The molecule has 1 aliphatic heterocycles. The van der Waals surface area contributed by atoms with E-state index in [1.54, 1.807) is 41.7 Å². The van der Waals surface area contributed by atoms with Gasteiger partial charge in [0.05, 0.1) is 21.3 Å². The maximum atomic E-state index is 12.8. The second-order valence-electron chi connectivity index (χ2n) is 6.81. The molecule has 0 bridgehead atoms. The number of hydrogen-bond donors (Lipinski definition) is 1. The Balaban J connectivity index is 1.39. The Labute approximate surface area is 178 Å². The largest absolute Gasteiger partial charge is 0.351 e. The quantitative estimate of drug-likeness (QED) is 0.660. The topological polar surface area (TPSA) is 71.0 Å². The normalized spacial score (nSPS) is 14.6. The number of halogens is 2. The highest BCUT2D eigenvalue weighted by Gasteiger charge is 2.26. The Morgan fingerprint density at radius 1 is 1.03 bits per heavy atom. The number of amides is 1. The average Bonchev–Trinajstić information content (AvgIpc) is 2.75. The maximum absolute atomic E-state index is 12.8. The number of hydrogen-bond acceptors (Lipinski definition) is 5. The first-order valence-electron chi connectivity index (χ1n) is 9.35. The van der Waals surface area contributed by atoms with Crippen molar-refractivity contribution in [2.75, 3.05) is 18.4 Å². The van der Waals surface area contributed by atoms with Crippen LogP contribution in [0.1, 0.15) is 23.2 Å². The molecule has 3 aromatic rings. The van der Waals surface area contributed by atoms with Crippen molar-refractivity contribution in [3.05, 3.63) is 70.6 Å². The van der Waals surface area contributed by atoms with Crippen LogP contribution in [0, 0.1) is 0 Å². The van der Waals surface area contributed by atoms with Crippen molar-refractivity contribution in [3.8, 4) is 11.3 Å². The second-order valence-corrected chi connectivity index (χ2v) is 7.63. The van der Waals surface area contributed by atoms with E-state index in [4.69, 9.17) is 23.2 Å². The minimum atomic E-state index is -0.131. The summed E-state index contributed by atoms with van der Waals surface area (Å²) in [6, 6.07) is 11.0. The molecule has 1 amide bonds. The van der Waals surface area contributed by atoms with Gasteiger partial charge in [-0.2, -0.15) is 0 Å². The molecule has 29 heavy (non-hydrogen) atoms. The van der Waals surface area contributed by atoms with E-state index in [0.717, 1.165) is 24.1 Å². The van der Waals surface area contributed by atoms with Crippen molar-refractivity contribution in [3.63, 3.8) is 0 Å². The molecule has 1 N–H and O–H groups in total. The molecule has 1 aromatic carbocycles. The van der Waals surface area contributed by atoms with E-state index in [1.807, 2.05) is 18.2 Å². The summed E-state index contributed by atoms with van der Waals surface area (Å²) in [6.45, 7) is 1.22. The molecule has 1 saturated heterocycles. The Hall–Kier alpha value is -2.70. The minimum Gasteiger partial charge on any atom is -0.351 e. The van der Waals surface area contributed by atoms with Crippen molar-refractivity contribution in [1.29, 1.82) is 0 Å². The number of likely N-dealkylation sites (tertiary alicyclic amines) is 1. The summed E-state index contributed by atoms with van der Waals surface area (Å²) < 4.78 is 0. The Morgan fingerprint density at radius 3 is 2.48 bits per heavy atom. The monoisotopic (exact) mass is 427 g/mol. The molecule has 0 unspecified atom stereocenters. The highest BCUT2D eigenvalue weighted by atomic mass is 35.5. The van der Waals surface area contributed by atoms with Gasteiger partial charge in [-0.25, -0.2) is 9.97 Å². The Bertz CT molecular complexity index is 987. The molecular weight excluding hydrogens is 409 g/mol. The zero-order chi connectivity index (χ0) is 20.2. The Kier molecular flexibility index (Phi) is 5.92. The lowest BCUT2D eigenvalue weighted by molar-refractivity contribution is 0.0719. The lowest BCUT2D eigenvalue weighted by Gasteiger charge is -2.32. The van der Waals surface area contributed by atoms with Crippen molar-refractivity contribution >= 4 is 35.1 Å². The van der Waals surface area contributed by atoms with Crippen LogP contribution >= 0.6 is 23.2 Å². The van der Waals surface area contributed by atoms with Crippen molar-refractivity contribution in [2.24, 2.45) is 0 Å². The fraction of sp³-hybridized carbons (Fsp3) is 0.238. The average molecular weight is 428 g/mol. The molecule has 2 aromatic heterocycles. The van der Waals surface area contributed by atoms with Gasteiger partial charge in [0.1, 0.15) is 0 Å². The highest BCUT2D eigenvalue weighted by Crippen LogP contribution is 2.27. The van der Waals surface area contributed by atoms with Crippen molar-refractivity contribution in [1.82, 2.24) is 19.9 Å². The van der Waals surface area contributed by atoms with Crippen molar-refractivity contribution in [2.45, 2.75) is 18.9 Å². The van der Waals surface area contributed by atoms with Crippen LogP contribution < -0.4 is 5.32 Å². The molecule has 1 aliphatic rings. The molecular formula is C21H19Cl2N5O. The smallest absolute Gasteiger partial charge is 0.256 e. The number of carbonyl (C=O) groups excluding carboxylic acids is 1. The number of rotatable bonds is 4. The molecule has 148 valence electrons. The number of pyridine rings is 1. The van der Waals surface area contributed by atoms with Gasteiger partial charge in [-0.15, -0.1) is 0 Å². The summed E-state index contributed by atoms with van der Waals surface area (Å²) >= 11 is 12.4. The van der Waals surface area contributed by atoms with Crippen LogP contribution in [0.25, 0.3) is 11.3 Å². The standard InChI is InChI=1S/C21H19Cl2N5O/c22-16-4-1-5-17(23)19(16)20(29)28-11-7-15(8-12-28)26-21-25-10-6-18(27-21)14-3-2-9-24-13-14/h1-6,9-10,13,15H,7-8,11-12H2,(H,25,26,27). The maximum Gasteiger partial charge on any atom is 0.256 e. The number of aromatic nitrogens is 3. The van der Waals surface area contributed by atoms with Crippen LogP contribution in [0.5, 0.6) is 0 Å². The van der Waals surface area contributed by atoms with Crippen LogP contribution in [0.4, 0.5) is 5.95 Å². The van der Waals surface area contributed by atoms with Crippen LogP contribution in [0.3, 0.4) is 0 Å². The van der Waals surface area contributed by atoms with Gasteiger partial charge in [-0.05, 0) is 43.2 Å². The molecule has 0 radical (unpaired) electrons. The van der Waals surface area contributed by atoms with Gasteiger partial charge in [-0.1, -0.05) is 29.3 Å². The fourth-order valence-corrected chi connectivity index (χ4v) is 3.93.